The Morgan fingerprint density at radius 1 is 1.03 bits per heavy atom. The SMILES string of the molecule is Cc1nonc1CNCc1cc2cc3c(cc2nc1OCc1cccc(C(F)(F)F)c1)CCC3. The van der Waals surface area contributed by atoms with Gasteiger partial charge in [-0.25, -0.2) is 9.61 Å². The molecule has 4 aromatic rings. The van der Waals surface area contributed by atoms with Gasteiger partial charge in [0.15, 0.2) is 0 Å². The average Bonchev–Trinajstić information content (AvgIpc) is 3.44. The highest BCUT2D eigenvalue weighted by molar-refractivity contribution is 5.82. The summed E-state index contributed by atoms with van der Waals surface area (Å²) in [6, 6.07) is 11.5. The van der Waals surface area contributed by atoms with Crippen LogP contribution in [0.1, 0.15) is 45.6 Å². The van der Waals surface area contributed by atoms with Crippen LogP contribution in [0.15, 0.2) is 47.1 Å². The zero-order valence-electron chi connectivity index (χ0n) is 18.6. The van der Waals surface area contributed by atoms with E-state index in [4.69, 9.17) is 14.3 Å². The van der Waals surface area contributed by atoms with Gasteiger partial charge >= 0.3 is 6.18 Å². The third kappa shape index (κ3) is 4.75. The molecule has 2 aromatic carbocycles. The van der Waals surface area contributed by atoms with E-state index in [-0.39, 0.29) is 6.61 Å². The monoisotopic (exact) mass is 468 g/mol. The number of aryl methyl sites for hydroxylation is 3. The van der Waals surface area contributed by atoms with Crippen molar-refractivity contribution in [2.24, 2.45) is 0 Å². The lowest BCUT2D eigenvalue weighted by atomic mass is 10.0. The largest absolute Gasteiger partial charge is 0.473 e. The quantitative estimate of drug-likeness (QED) is 0.397. The number of hydrogen-bond donors (Lipinski definition) is 1. The normalized spacial score (nSPS) is 13.4. The molecule has 0 radical (unpaired) electrons. The van der Waals surface area contributed by atoms with Gasteiger partial charge in [0, 0.05) is 24.0 Å². The molecule has 6 nitrogen and oxygen atoms in total. The number of rotatable bonds is 7. The van der Waals surface area contributed by atoms with Crippen LogP contribution >= 0.6 is 0 Å². The number of fused-ring (bicyclic) bond motifs is 2. The molecule has 0 atom stereocenters. The summed E-state index contributed by atoms with van der Waals surface area (Å²) in [5, 5.41) is 12.0. The van der Waals surface area contributed by atoms with Crippen LogP contribution in [0.3, 0.4) is 0 Å². The lowest BCUT2D eigenvalue weighted by Crippen LogP contribution is -2.15. The molecule has 0 aliphatic heterocycles. The Kier molecular flexibility index (Phi) is 5.95. The number of halogens is 3. The first-order valence-corrected chi connectivity index (χ1v) is 11.1. The number of hydrogen-bond acceptors (Lipinski definition) is 6. The summed E-state index contributed by atoms with van der Waals surface area (Å²) in [4.78, 5) is 4.74. The minimum Gasteiger partial charge on any atom is -0.473 e. The average molecular weight is 468 g/mol. The van der Waals surface area contributed by atoms with Crippen molar-refractivity contribution in [3.05, 3.63) is 81.7 Å². The third-order valence-corrected chi connectivity index (χ3v) is 6.05. The Balaban J connectivity index is 1.41. The molecule has 1 N–H and O–H groups in total. The molecule has 5 rings (SSSR count). The van der Waals surface area contributed by atoms with E-state index in [0.717, 1.165) is 47.9 Å². The zero-order valence-corrected chi connectivity index (χ0v) is 18.6. The Morgan fingerprint density at radius 2 is 1.85 bits per heavy atom. The molecule has 0 unspecified atom stereocenters. The molecule has 34 heavy (non-hydrogen) atoms. The predicted octanol–water partition coefficient (Wildman–Crippen LogP) is 5.30. The van der Waals surface area contributed by atoms with Crippen LogP contribution in [0.4, 0.5) is 13.2 Å². The van der Waals surface area contributed by atoms with Crippen molar-refractivity contribution < 1.29 is 22.5 Å². The van der Waals surface area contributed by atoms with Crippen molar-refractivity contribution in [2.45, 2.75) is 52.1 Å². The van der Waals surface area contributed by atoms with Crippen LogP contribution in [0.5, 0.6) is 5.88 Å². The van der Waals surface area contributed by atoms with Gasteiger partial charge in [0.25, 0.3) is 0 Å². The fourth-order valence-corrected chi connectivity index (χ4v) is 4.24. The Bertz CT molecular complexity index is 1330. The summed E-state index contributed by atoms with van der Waals surface area (Å²) in [6.07, 6.45) is -1.18. The summed E-state index contributed by atoms with van der Waals surface area (Å²) in [5.74, 6) is 0.394. The fraction of sp³-hybridized carbons (Fsp3) is 0.320. The number of nitrogens with one attached hydrogen (secondary N) is 1. The van der Waals surface area contributed by atoms with Crippen LogP contribution in [-0.4, -0.2) is 15.3 Å². The lowest BCUT2D eigenvalue weighted by Gasteiger charge is -2.14. The zero-order chi connectivity index (χ0) is 23.7. The minimum absolute atomic E-state index is 0.0211. The van der Waals surface area contributed by atoms with Gasteiger partial charge < -0.3 is 10.1 Å². The van der Waals surface area contributed by atoms with Crippen molar-refractivity contribution in [3.63, 3.8) is 0 Å². The van der Waals surface area contributed by atoms with E-state index in [1.807, 2.05) is 13.0 Å². The van der Waals surface area contributed by atoms with E-state index in [0.29, 0.717) is 35.9 Å². The second kappa shape index (κ2) is 9.06. The number of nitrogens with zero attached hydrogens (tertiary/aromatic N) is 3. The van der Waals surface area contributed by atoms with E-state index in [1.165, 1.54) is 17.2 Å². The van der Waals surface area contributed by atoms with Gasteiger partial charge in [-0.15, -0.1) is 0 Å². The van der Waals surface area contributed by atoms with Crippen molar-refractivity contribution >= 4 is 10.9 Å². The molecule has 1 aliphatic rings. The highest BCUT2D eigenvalue weighted by atomic mass is 19.4. The third-order valence-electron chi connectivity index (χ3n) is 6.05. The van der Waals surface area contributed by atoms with Crippen molar-refractivity contribution in [1.29, 1.82) is 0 Å². The van der Waals surface area contributed by atoms with E-state index in [9.17, 15) is 13.2 Å². The molecule has 1 aliphatic carbocycles. The van der Waals surface area contributed by atoms with Crippen LogP contribution in [0.2, 0.25) is 0 Å². The maximum Gasteiger partial charge on any atom is 0.416 e. The first kappa shape index (κ1) is 22.3. The maximum absolute atomic E-state index is 13.1. The maximum atomic E-state index is 13.1. The summed E-state index contributed by atoms with van der Waals surface area (Å²) >= 11 is 0. The Morgan fingerprint density at radius 3 is 2.62 bits per heavy atom. The number of ether oxygens (including phenoxy) is 1. The summed E-state index contributed by atoms with van der Waals surface area (Å²) in [7, 11) is 0. The summed E-state index contributed by atoms with van der Waals surface area (Å²) in [5.41, 5.74) is 5.41. The molecule has 176 valence electrons. The van der Waals surface area contributed by atoms with Crippen molar-refractivity contribution in [1.82, 2.24) is 20.6 Å². The van der Waals surface area contributed by atoms with Gasteiger partial charge in [0.2, 0.25) is 5.88 Å². The predicted molar refractivity (Wildman–Crippen MR) is 119 cm³/mol. The van der Waals surface area contributed by atoms with Gasteiger partial charge in [0.05, 0.1) is 11.1 Å². The van der Waals surface area contributed by atoms with E-state index < -0.39 is 11.7 Å². The lowest BCUT2D eigenvalue weighted by molar-refractivity contribution is -0.137. The first-order valence-electron chi connectivity index (χ1n) is 11.1. The molecule has 9 heteroatoms. The molecule has 0 spiro atoms. The highest BCUT2D eigenvalue weighted by Gasteiger charge is 2.30. The molecule has 0 fully saturated rings. The second-order valence-corrected chi connectivity index (χ2v) is 8.51. The summed E-state index contributed by atoms with van der Waals surface area (Å²) < 4.78 is 50.0. The minimum atomic E-state index is -4.40. The van der Waals surface area contributed by atoms with Crippen LogP contribution < -0.4 is 10.1 Å². The number of aromatic nitrogens is 3. The summed E-state index contributed by atoms with van der Waals surface area (Å²) in [6.45, 7) is 2.68. The van der Waals surface area contributed by atoms with Gasteiger partial charge in [-0.1, -0.05) is 22.4 Å². The molecule has 0 bridgehead atoms. The molecule has 0 saturated carbocycles. The molecule has 0 amide bonds. The molecular formula is C25H23F3N4O2. The number of alkyl halides is 3. The van der Waals surface area contributed by atoms with Gasteiger partial charge in [0.1, 0.15) is 18.0 Å². The number of pyridine rings is 1. The molecule has 2 heterocycles. The van der Waals surface area contributed by atoms with Crippen LogP contribution in [-0.2, 0) is 38.7 Å². The van der Waals surface area contributed by atoms with Crippen LogP contribution in [0.25, 0.3) is 10.9 Å². The molecule has 0 saturated heterocycles. The van der Waals surface area contributed by atoms with Crippen LogP contribution in [0, 0.1) is 6.92 Å². The van der Waals surface area contributed by atoms with Gasteiger partial charge in [-0.05, 0) is 73.2 Å². The fourth-order valence-electron chi connectivity index (χ4n) is 4.24. The Labute approximate surface area is 194 Å². The Hall–Kier alpha value is -3.46. The smallest absolute Gasteiger partial charge is 0.416 e. The van der Waals surface area contributed by atoms with Crippen molar-refractivity contribution in [3.8, 4) is 5.88 Å². The standard InChI is InChI=1S/C25H23F3N4O2/c1-15-23(32-34-31-15)13-29-12-20-10-19-9-17-5-3-6-18(17)11-22(19)30-24(20)33-14-16-4-2-7-21(8-16)25(26,27)28/h2,4,7-11,29H,3,5-6,12-14H2,1H3. The molecule has 2 aromatic heterocycles. The second-order valence-electron chi connectivity index (χ2n) is 8.51. The first-order chi connectivity index (χ1) is 16.4. The number of benzene rings is 2. The van der Waals surface area contributed by atoms with Gasteiger partial charge in [-0.2, -0.15) is 13.2 Å². The highest BCUT2D eigenvalue weighted by Crippen LogP contribution is 2.31. The topological polar surface area (TPSA) is 73.1 Å². The molecular weight excluding hydrogens is 445 g/mol. The van der Waals surface area contributed by atoms with Gasteiger partial charge in [-0.3, -0.25) is 0 Å². The van der Waals surface area contributed by atoms with E-state index in [2.05, 4.69) is 27.8 Å². The van der Waals surface area contributed by atoms with Crippen molar-refractivity contribution in [2.75, 3.05) is 0 Å². The van der Waals surface area contributed by atoms with E-state index in [1.54, 1.807) is 6.07 Å². The van der Waals surface area contributed by atoms with E-state index >= 15 is 0 Å².